The lowest BCUT2D eigenvalue weighted by Gasteiger charge is -2.44. The summed E-state index contributed by atoms with van der Waals surface area (Å²) >= 11 is 0. The number of hydrogen-bond acceptors (Lipinski definition) is 4. The van der Waals surface area contributed by atoms with E-state index in [0.29, 0.717) is 0 Å². The van der Waals surface area contributed by atoms with E-state index >= 15 is 0 Å². The van der Waals surface area contributed by atoms with E-state index in [2.05, 4.69) is 5.32 Å². The third-order valence-electron chi connectivity index (χ3n) is 3.15. The van der Waals surface area contributed by atoms with Crippen molar-refractivity contribution in [2.24, 2.45) is 5.41 Å². The molecule has 1 aliphatic rings. The van der Waals surface area contributed by atoms with Gasteiger partial charge in [0, 0.05) is 12.5 Å². The highest BCUT2D eigenvalue weighted by atomic mass is 16.6. The Morgan fingerprint density at radius 2 is 1.78 bits per heavy atom. The molecule has 0 spiro atoms. The average Bonchev–Trinajstić information content (AvgIpc) is 2.40. The Kier molecular flexibility index (Phi) is 3.51. The molecule has 1 fully saturated rings. The Bertz CT molecular complexity index is 365. The summed E-state index contributed by atoms with van der Waals surface area (Å²) in [6.07, 6.45) is 0. The molecule has 0 aromatic carbocycles. The molecule has 0 aliphatic carbocycles. The van der Waals surface area contributed by atoms with E-state index in [4.69, 9.17) is 4.74 Å². The van der Waals surface area contributed by atoms with E-state index in [1.807, 2.05) is 41.5 Å². The molecule has 104 valence electrons. The molecule has 18 heavy (non-hydrogen) atoms. The van der Waals surface area contributed by atoms with Crippen molar-refractivity contribution in [1.29, 1.82) is 0 Å². The van der Waals surface area contributed by atoms with E-state index in [1.54, 1.807) is 7.05 Å². The first-order valence-electron chi connectivity index (χ1n) is 6.17. The van der Waals surface area contributed by atoms with Gasteiger partial charge in [-0.3, -0.25) is 10.1 Å². The van der Waals surface area contributed by atoms with Crippen LogP contribution in [0.1, 0.15) is 41.5 Å². The van der Waals surface area contributed by atoms with Gasteiger partial charge in [-0.2, -0.15) is 0 Å². The molecule has 1 aliphatic heterocycles. The Labute approximate surface area is 109 Å². The second-order valence-corrected chi connectivity index (χ2v) is 6.77. The summed E-state index contributed by atoms with van der Waals surface area (Å²) in [6, 6.07) is 0. The fourth-order valence-electron chi connectivity index (χ4n) is 2.26. The molecular formula is C13H24N2O3. The molecular weight excluding hydrogens is 232 g/mol. The average molecular weight is 256 g/mol. The highest BCUT2D eigenvalue weighted by Gasteiger charge is 2.58. The molecule has 0 saturated carbocycles. The predicted octanol–water partition coefficient (Wildman–Crippen LogP) is 1.13. The normalized spacial score (nSPS) is 25.5. The molecule has 0 bridgehead atoms. The predicted molar refractivity (Wildman–Crippen MR) is 68.8 cm³/mol. The van der Waals surface area contributed by atoms with Gasteiger partial charge in [-0.05, 0) is 20.8 Å². The van der Waals surface area contributed by atoms with Gasteiger partial charge in [-0.1, -0.05) is 20.8 Å². The highest BCUT2D eigenvalue weighted by molar-refractivity contribution is 5.93. The number of likely N-dealkylation sites (N-methyl/N-ethyl adjacent to an activating group) is 1. The number of hydrogen-bond donors (Lipinski definition) is 1. The molecule has 0 aromatic heterocycles. The molecule has 5 heteroatoms. The number of carbonyl (C=O) groups is 2. The SMILES string of the molecule is CN1C(=O)CNC1(C(=O)OC(C)(C)C)C(C)(C)C. The van der Waals surface area contributed by atoms with Crippen molar-refractivity contribution in [3.05, 3.63) is 0 Å². The second kappa shape index (κ2) is 4.23. The van der Waals surface area contributed by atoms with Gasteiger partial charge in [0.2, 0.25) is 5.91 Å². The van der Waals surface area contributed by atoms with Gasteiger partial charge in [-0.25, -0.2) is 4.79 Å². The van der Waals surface area contributed by atoms with Crippen molar-refractivity contribution in [3.8, 4) is 0 Å². The zero-order chi connectivity index (χ0) is 14.4. The molecule has 5 nitrogen and oxygen atoms in total. The van der Waals surface area contributed by atoms with Crippen molar-refractivity contribution in [3.63, 3.8) is 0 Å². The van der Waals surface area contributed by atoms with E-state index in [9.17, 15) is 9.59 Å². The van der Waals surface area contributed by atoms with Crippen LogP contribution >= 0.6 is 0 Å². The summed E-state index contributed by atoms with van der Waals surface area (Å²) in [5.41, 5.74) is -2.14. The minimum atomic E-state index is -1.10. The molecule has 1 amide bonds. The summed E-state index contributed by atoms with van der Waals surface area (Å²) in [7, 11) is 1.64. The maximum atomic E-state index is 12.5. The van der Waals surface area contributed by atoms with E-state index in [1.165, 1.54) is 4.90 Å². The number of ether oxygens (including phenoxy) is 1. The molecule has 0 aromatic rings. The zero-order valence-electron chi connectivity index (χ0n) is 12.4. The number of rotatable bonds is 1. The molecule has 1 unspecified atom stereocenters. The number of nitrogens with zero attached hydrogens (tertiary/aromatic N) is 1. The fourth-order valence-corrected chi connectivity index (χ4v) is 2.26. The monoisotopic (exact) mass is 256 g/mol. The Morgan fingerprint density at radius 3 is 2.06 bits per heavy atom. The summed E-state index contributed by atoms with van der Waals surface area (Å²) < 4.78 is 5.47. The van der Waals surface area contributed by atoms with Crippen LogP contribution in [0.5, 0.6) is 0 Å². The summed E-state index contributed by atoms with van der Waals surface area (Å²) in [5.74, 6) is -0.508. The minimum Gasteiger partial charge on any atom is -0.457 e. The smallest absolute Gasteiger partial charge is 0.348 e. The lowest BCUT2D eigenvalue weighted by molar-refractivity contribution is -0.179. The van der Waals surface area contributed by atoms with Gasteiger partial charge in [0.05, 0.1) is 6.54 Å². The van der Waals surface area contributed by atoms with Crippen molar-refractivity contribution >= 4 is 11.9 Å². The van der Waals surface area contributed by atoms with Gasteiger partial charge in [-0.15, -0.1) is 0 Å². The first-order chi connectivity index (χ1) is 7.92. The van der Waals surface area contributed by atoms with Gasteiger partial charge in [0.15, 0.2) is 5.66 Å². The molecule has 1 rings (SSSR count). The van der Waals surface area contributed by atoms with Gasteiger partial charge >= 0.3 is 5.97 Å². The largest absolute Gasteiger partial charge is 0.457 e. The van der Waals surface area contributed by atoms with Crippen LogP contribution in [0.15, 0.2) is 0 Å². The first kappa shape index (κ1) is 15.0. The van der Waals surface area contributed by atoms with E-state index < -0.39 is 22.6 Å². The quantitative estimate of drug-likeness (QED) is 0.715. The Balaban J connectivity index is 3.16. The Hall–Kier alpha value is -1.10. The molecule has 1 saturated heterocycles. The maximum absolute atomic E-state index is 12.5. The topological polar surface area (TPSA) is 58.6 Å². The van der Waals surface area contributed by atoms with Crippen molar-refractivity contribution in [1.82, 2.24) is 10.2 Å². The lowest BCUT2D eigenvalue weighted by atomic mass is 9.79. The number of nitrogens with one attached hydrogen (secondary N) is 1. The first-order valence-corrected chi connectivity index (χ1v) is 6.17. The van der Waals surface area contributed by atoms with Crippen LogP contribution < -0.4 is 5.32 Å². The van der Waals surface area contributed by atoms with Crippen LogP contribution in [-0.2, 0) is 14.3 Å². The molecule has 1 heterocycles. The Morgan fingerprint density at radius 1 is 1.28 bits per heavy atom. The molecule has 0 radical (unpaired) electrons. The van der Waals surface area contributed by atoms with Crippen LogP contribution in [0, 0.1) is 5.41 Å². The summed E-state index contributed by atoms with van der Waals surface area (Å²) in [5, 5.41) is 3.03. The summed E-state index contributed by atoms with van der Waals surface area (Å²) in [4.78, 5) is 25.7. The maximum Gasteiger partial charge on any atom is 0.348 e. The summed E-state index contributed by atoms with van der Waals surface area (Å²) in [6.45, 7) is 11.4. The minimum absolute atomic E-state index is 0.101. The van der Waals surface area contributed by atoms with Gasteiger partial charge < -0.3 is 9.64 Å². The number of carbonyl (C=O) groups excluding carboxylic acids is 2. The molecule has 1 atom stereocenters. The van der Waals surface area contributed by atoms with Crippen LogP contribution in [-0.4, -0.2) is 41.6 Å². The number of amides is 1. The second-order valence-electron chi connectivity index (χ2n) is 6.77. The van der Waals surface area contributed by atoms with Gasteiger partial charge in [0.1, 0.15) is 5.60 Å². The number of esters is 1. The highest BCUT2D eigenvalue weighted by Crippen LogP contribution is 2.37. The zero-order valence-corrected chi connectivity index (χ0v) is 12.4. The fraction of sp³-hybridized carbons (Fsp3) is 0.846. The standard InChI is InChI=1S/C13H24N2O3/c1-11(2,3)13(10(17)18-12(4,5)6)14-8-9(16)15(13)7/h14H,8H2,1-7H3. The van der Waals surface area contributed by atoms with E-state index in [-0.39, 0.29) is 12.5 Å². The van der Waals surface area contributed by atoms with Crippen molar-refractivity contribution in [2.45, 2.75) is 52.8 Å². The molecule has 1 N–H and O–H groups in total. The van der Waals surface area contributed by atoms with Crippen LogP contribution in [0.3, 0.4) is 0 Å². The van der Waals surface area contributed by atoms with Crippen LogP contribution in [0.2, 0.25) is 0 Å². The van der Waals surface area contributed by atoms with Crippen molar-refractivity contribution in [2.75, 3.05) is 13.6 Å². The van der Waals surface area contributed by atoms with E-state index in [0.717, 1.165) is 0 Å². The van der Waals surface area contributed by atoms with Crippen molar-refractivity contribution < 1.29 is 14.3 Å². The van der Waals surface area contributed by atoms with Crippen LogP contribution in [0.25, 0.3) is 0 Å². The van der Waals surface area contributed by atoms with Crippen LogP contribution in [0.4, 0.5) is 0 Å². The van der Waals surface area contributed by atoms with Gasteiger partial charge in [0.25, 0.3) is 0 Å². The lowest BCUT2D eigenvalue weighted by Crippen LogP contribution is -2.66. The third-order valence-corrected chi connectivity index (χ3v) is 3.15. The third kappa shape index (κ3) is 2.36.